The summed E-state index contributed by atoms with van der Waals surface area (Å²) in [7, 11) is 0. The van der Waals surface area contributed by atoms with Crippen molar-refractivity contribution in [1.82, 2.24) is 0 Å². The number of hydrogen-bond donors (Lipinski definition) is 0. The van der Waals surface area contributed by atoms with Crippen molar-refractivity contribution >= 4 is 17.4 Å². The van der Waals surface area contributed by atoms with Crippen LogP contribution in [0.4, 0.5) is 0 Å². The van der Waals surface area contributed by atoms with Crippen molar-refractivity contribution in [3.8, 4) is 5.75 Å². The van der Waals surface area contributed by atoms with Crippen molar-refractivity contribution < 1.29 is 9.53 Å². The fraction of sp³-hybridized carbons (Fsp3) is 0.278. The Kier molecular flexibility index (Phi) is 5.40. The first-order valence-corrected chi connectivity index (χ1v) is 7.49. The molecule has 0 N–H and O–H groups in total. The van der Waals surface area contributed by atoms with E-state index in [0.717, 1.165) is 11.3 Å². The largest absolute Gasteiger partial charge is 0.491 e. The molecule has 1 unspecified atom stereocenters. The summed E-state index contributed by atoms with van der Waals surface area (Å²) in [5.41, 5.74) is 1.59. The Hall–Kier alpha value is -1.80. The summed E-state index contributed by atoms with van der Waals surface area (Å²) in [6, 6.07) is 16.8. The number of carbonyl (C=O) groups excluding carboxylic acids is 1. The number of benzene rings is 2. The van der Waals surface area contributed by atoms with E-state index in [9.17, 15) is 4.79 Å². The summed E-state index contributed by atoms with van der Waals surface area (Å²) in [4.78, 5) is 12.3. The molecule has 2 nitrogen and oxygen atoms in total. The van der Waals surface area contributed by atoms with Gasteiger partial charge in [0.2, 0.25) is 0 Å². The molecule has 2 aromatic carbocycles. The van der Waals surface area contributed by atoms with E-state index in [4.69, 9.17) is 16.3 Å². The third kappa shape index (κ3) is 4.33. The number of ether oxygens (including phenoxy) is 1. The molecule has 0 heterocycles. The summed E-state index contributed by atoms with van der Waals surface area (Å²) >= 11 is 6.30. The number of ketones is 1. The lowest BCUT2D eigenvalue weighted by Gasteiger charge is -2.16. The van der Waals surface area contributed by atoms with Crippen LogP contribution in [-0.2, 0) is 6.42 Å². The molecule has 2 aromatic rings. The normalized spacial score (nSPS) is 12.2. The fourth-order valence-corrected chi connectivity index (χ4v) is 2.40. The molecule has 110 valence electrons. The van der Waals surface area contributed by atoms with Gasteiger partial charge in [-0.05, 0) is 31.9 Å². The van der Waals surface area contributed by atoms with Crippen molar-refractivity contribution in [3.05, 3.63) is 65.7 Å². The highest BCUT2D eigenvalue weighted by molar-refractivity contribution is 6.34. The highest BCUT2D eigenvalue weighted by Crippen LogP contribution is 2.23. The van der Waals surface area contributed by atoms with Gasteiger partial charge in [-0.1, -0.05) is 48.5 Å². The maximum absolute atomic E-state index is 12.3. The van der Waals surface area contributed by atoms with E-state index in [1.165, 1.54) is 0 Å². The summed E-state index contributed by atoms with van der Waals surface area (Å²) in [5, 5.41) is -0.593. The molecule has 0 bridgehead atoms. The minimum Gasteiger partial charge on any atom is -0.491 e. The average Bonchev–Trinajstić information content (AvgIpc) is 2.49. The third-order valence-electron chi connectivity index (χ3n) is 3.08. The van der Waals surface area contributed by atoms with Crippen molar-refractivity contribution in [2.45, 2.75) is 31.7 Å². The molecule has 0 saturated carbocycles. The Labute approximate surface area is 130 Å². The van der Waals surface area contributed by atoms with Crippen LogP contribution >= 0.6 is 11.6 Å². The minimum absolute atomic E-state index is 0.0587. The van der Waals surface area contributed by atoms with E-state index in [2.05, 4.69) is 0 Å². The maximum Gasteiger partial charge on any atom is 0.180 e. The number of rotatable bonds is 6. The summed E-state index contributed by atoms with van der Waals surface area (Å²) in [6.45, 7) is 3.95. The first-order valence-electron chi connectivity index (χ1n) is 7.06. The maximum atomic E-state index is 12.3. The zero-order chi connectivity index (χ0) is 15.2. The fourth-order valence-electron chi connectivity index (χ4n) is 2.11. The first kappa shape index (κ1) is 15.6. The molecule has 2 rings (SSSR count). The summed E-state index contributed by atoms with van der Waals surface area (Å²) < 4.78 is 5.76. The second kappa shape index (κ2) is 7.28. The third-order valence-corrected chi connectivity index (χ3v) is 3.43. The smallest absolute Gasteiger partial charge is 0.180 e. The van der Waals surface area contributed by atoms with E-state index < -0.39 is 5.38 Å². The van der Waals surface area contributed by atoms with Gasteiger partial charge in [0.15, 0.2) is 5.78 Å². The van der Waals surface area contributed by atoms with E-state index in [-0.39, 0.29) is 11.9 Å². The molecular formula is C18H19ClO2. The van der Waals surface area contributed by atoms with Gasteiger partial charge in [-0.15, -0.1) is 11.6 Å². The monoisotopic (exact) mass is 302 g/mol. The Morgan fingerprint density at radius 1 is 1.05 bits per heavy atom. The molecule has 0 aliphatic heterocycles. The molecule has 0 amide bonds. The molecule has 0 aliphatic carbocycles. The number of carbonyl (C=O) groups is 1. The minimum atomic E-state index is -0.593. The zero-order valence-corrected chi connectivity index (χ0v) is 13.0. The van der Waals surface area contributed by atoms with Crippen LogP contribution in [0.5, 0.6) is 5.75 Å². The van der Waals surface area contributed by atoms with Crippen LogP contribution in [0.15, 0.2) is 54.6 Å². The Bertz CT molecular complexity index is 593. The second-order valence-corrected chi connectivity index (χ2v) is 5.70. The molecule has 21 heavy (non-hydrogen) atoms. The number of hydrogen-bond acceptors (Lipinski definition) is 2. The standard InChI is InChI=1S/C18H19ClO2/c1-13(2)21-17-11-7-6-10-15(17)12-16(19)18(20)14-8-4-3-5-9-14/h3-11,13,16H,12H2,1-2H3. The molecule has 0 fully saturated rings. The molecule has 0 radical (unpaired) electrons. The lowest BCUT2D eigenvalue weighted by molar-refractivity contribution is 0.0986. The lowest BCUT2D eigenvalue weighted by atomic mass is 10.0. The van der Waals surface area contributed by atoms with Crippen LogP contribution in [0, 0.1) is 0 Å². The molecule has 0 aliphatic rings. The highest BCUT2D eigenvalue weighted by atomic mass is 35.5. The van der Waals surface area contributed by atoms with Gasteiger partial charge in [-0.25, -0.2) is 0 Å². The van der Waals surface area contributed by atoms with Crippen molar-refractivity contribution in [2.24, 2.45) is 0 Å². The van der Waals surface area contributed by atoms with E-state index in [1.54, 1.807) is 12.1 Å². The predicted molar refractivity (Wildman–Crippen MR) is 86.3 cm³/mol. The number of Topliss-reactive ketones (excluding diaryl/α,β-unsaturated/α-hetero) is 1. The lowest BCUT2D eigenvalue weighted by Crippen LogP contribution is -2.18. The Balaban J connectivity index is 2.13. The Morgan fingerprint density at radius 3 is 2.33 bits per heavy atom. The van der Waals surface area contributed by atoms with Gasteiger partial charge in [-0.3, -0.25) is 4.79 Å². The van der Waals surface area contributed by atoms with Gasteiger partial charge in [-0.2, -0.15) is 0 Å². The van der Waals surface area contributed by atoms with Crippen LogP contribution in [0.1, 0.15) is 29.8 Å². The molecule has 0 spiro atoms. The molecular weight excluding hydrogens is 284 g/mol. The summed E-state index contributed by atoms with van der Waals surface area (Å²) in [5.74, 6) is 0.732. The van der Waals surface area contributed by atoms with Gasteiger partial charge >= 0.3 is 0 Å². The molecule has 0 saturated heterocycles. The SMILES string of the molecule is CC(C)Oc1ccccc1CC(Cl)C(=O)c1ccccc1. The van der Waals surface area contributed by atoms with Crippen LogP contribution in [0.3, 0.4) is 0 Å². The number of halogens is 1. The predicted octanol–water partition coefficient (Wildman–Crippen LogP) is 4.51. The van der Waals surface area contributed by atoms with Crippen molar-refractivity contribution in [2.75, 3.05) is 0 Å². The topological polar surface area (TPSA) is 26.3 Å². The van der Waals surface area contributed by atoms with Crippen LogP contribution in [0.2, 0.25) is 0 Å². The number of alkyl halides is 1. The summed E-state index contributed by atoms with van der Waals surface area (Å²) in [6.07, 6.45) is 0.544. The van der Waals surface area contributed by atoms with Gasteiger partial charge in [0, 0.05) is 5.56 Å². The van der Waals surface area contributed by atoms with Crippen LogP contribution in [-0.4, -0.2) is 17.3 Å². The van der Waals surface area contributed by atoms with E-state index in [1.807, 2.05) is 56.3 Å². The van der Waals surface area contributed by atoms with Gasteiger partial charge in [0.05, 0.1) is 6.10 Å². The van der Waals surface area contributed by atoms with E-state index >= 15 is 0 Å². The van der Waals surface area contributed by atoms with Crippen molar-refractivity contribution in [1.29, 1.82) is 0 Å². The Morgan fingerprint density at radius 2 is 1.67 bits per heavy atom. The first-order chi connectivity index (χ1) is 10.1. The highest BCUT2D eigenvalue weighted by Gasteiger charge is 2.19. The van der Waals surface area contributed by atoms with Crippen LogP contribution in [0.25, 0.3) is 0 Å². The van der Waals surface area contributed by atoms with Gasteiger partial charge < -0.3 is 4.74 Å². The zero-order valence-electron chi connectivity index (χ0n) is 12.3. The van der Waals surface area contributed by atoms with E-state index in [0.29, 0.717) is 12.0 Å². The quantitative estimate of drug-likeness (QED) is 0.580. The molecule has 1 atom stereocenters. The average molecular weight is 303 g/mol. The van der Waals surface area contributed by atoms with Gasteiger partial charge in [0.25, 0.3) is 0 Å². The number of para-hydroxylation sites is 1. The molecule has 0 aromatic heterocycles. The second-order valence-electron chi connectivity index (χ2n) is 5.18. The van der Waals surface area contributed by atoms with Crippen molar-refractivity contribution in [3.63, 3.8) is 0 Å². The van der Waals surface area contributed by atoms with Crippen LogP contribution < -0.4 is 4.74 Å². The molecule has 3 heteroatoms. The van der Waals surface area contributed by atoms with Gasteiger partial charge in [0.1, 0.15) is 11.1 Å².